The van der Waals surface area contributed by atoms with E-state index in [0.29, 0.717) is 16.7 Å². The highest BCUT2D eigenvalue weighted by Gasteiger charge is 2.10. The Morgan fingerprint density at radius 3 is 2.94 bits per heavy atom. The van der Waals surface area contributed by atoms with Gasteiger partial charge in [0.25, 0.3) is 5.22 Å². The molecule has 2 rings (SSSR count). The van der Waals surface area contributed by atoms with Crippen molar-refractivity contribution in [3.05, 3.63) is 41.5 Å². The molecule has 1 aromatic carbocycles. The molecular formula is C11H9FN2O2S. The molecule has 0 spiro atoms. The molecule has 0 N–H and O–H groups in total. The molecule has 4 nitrogen and oxygen atoms in total. The van der Waals surface area contributed by atoms with Crippen LogP contribution in [0, 0.1) is 12.7 Å². The average molecular weight is 252 g/mol. The Balaban J connectivity index is 1.98. The highest BCUT2D eigenvalue weighted by molar-refractivity contribution is 7.99. The quantitative estimate of drug-likeness (QED) is 0.618. The number of aryl methyl sites for hydroxylation is 1. The van der Waals surface area contributed by atoms with Crippen molar-refractivity contribution in [2.75, 3.05) is 5.75 Å². The normalized spacial score (nSPS) is 10.5. The fourth-order valence-electron chi connectivity index (χ4n) is 1.21. The summed E-state index contributed by atoms with van der Waals surface area (Å²) >= 11 is 1.14. The smallest absolute Gasteiger partial charge is 0.277 e. The van der Waals surface area contributed by atoms with Crippen LogP contribution in [-0.4, -0.2) is 21.7 Å². The minimum absolute atomic E-state index is 0.144. The van der Waals surface area contributed by atoms with Gasteiger partial charge in [-0.15, -0.1) is 10.2 Å². The van der Waals surface area contributed by atoms with Crippen LogP contribution in [-0.2, 0) is 0 Å². The van der Waals surface area contributed by atoms with Crippen LogP contribution in [0.25, 0.3) is 0 Å². The molecular weight excluding hydrogens is 243 g/mol. The number of carbonyl (C=O) groups is 1. The number of rotatable bonds is 4. The number of halogens is 1. The summed E-state index contributed by atoms with van der Waals surface area (Å²) in [5.41, 5.74) is 0.341. The molecule has 0 aliphatic rings. The number of nitrogens with zero attached hydrogens (tertiary/aromatic N) is 2. The Hall–Kier alpha value is -1.69. The lowest BCUT2D eigenvalue weighted by atomic mass is 10.1. The van der Waals surface area contributed by atoms with Crippen molar-refractivity contribution < 1.29 is 13.6 Å². The van der Waals surface area contributed by atoms with Gasteiger partial charge in [0, 0.05) is 12.5 Å². The summed E-state index contributed by atoms with van der Waals surface area (Å²) < 4.78 is 18.0. The number of carbonyl (C=O) groups excluding carboxylic acids is 1. The van der Waals surface area contributed by atoms with Crippen molar-refractivity contribution in [3.8, 4) is 0 Å². The first kappa shape index (κ1) is 11.8. The third-order valence-electron chi connectivity index (χ3n) is 1.98. The average Bonchev–Trinajstić information content (AvgIpc) is 2.72. The third-order valence-corrected chi connectivity index (χ3v) is 2.80. The molecule has 1 aromatic heterocycles. The van der Waals surface area contributed by atoms with Crippen LogP contribution in [0.4, 0.5) is 4.39 Å². The maximum absolute atomic E-state index is 12.9. The molecule has 6 heteroatoms. The fourth-order valence-corrected chi connectivity index (χ4v) is 1.91. The maximum atomic E-state index is 12.9. The van der Waals surface area contributed by atoms with Crippen LogP contribution >= 0.6 is 11.8 Å². The predicted octanol–water partition coefficient (Wildman–Crippen LogP) is 2.49. The van der Waals surface area contributed by atoms with Gasteiger partial charge >= 0.3 is 0 Å². The molecule has 0 aliphatic carbocycles. The highest BCUT2D eigenvalue weighted by atomic mass is 32.2. The van der Waals surface area contributed by atoms with Crippen LogP contribution in [0.1, 0.15) is 16.2 Å². The first-order valence-electron chi connectivity index (χ1n) is 4.87. The summed E-state index contributed by atoms with van der Waals surface area (Å²) in [6, 6.07) is 5.59. The predicted molar refractivity (Wildman–Crippen MR) is 60.5 cm³/mol. The van der Waals surface area contributed by atoms with Crippen LogP contribution < -0.4 is 0 Å². The zero-order chi connectivity index (χ0) is 12.3. The number of ketones is 1. The Morgan fingerprint density at radius 1 is 1.47 bits per heavy atom. The van der Waals surface area contributed by atoms with E-state index < -0.39 is 5.82 Å². The topological polar surface area (TPSA) is 56.0 Å². The maximum Gasteiger partial charge on any atom is 0.277 e. The number of benzene rings is 1. The third kappa shape index (κ3) is 3.13. The Bertz CT molecular complexity index is 542. The SMILES string of the molecule is Cc1nnc(SCC(=O)c2cccc(F)c2)o1. The first-order valence-corrected chi connectivity index (χ1v) is 5.85. The molecule has 2 aromatic rings. The van der Waals surface area contributed by atoms with Crippen molar-refractivity contribution in [1.29, 1.82) is 0 Å². The van der Waals surface area contributed by atoms with Gasteiger partial charge in [-0.05, 0) is 12.1 Å². The van der Waals surface area contributed by atoms with E-state index in [1.54, 1.807) is 13.0 Å². The van der Waals surface area contributed by atoms with Crippen molar-refractivity contribution in [3.63, 3.8) is 0 Å². The first-order chi connectivity index (χ1) is 8.15. The Kier molecular flexibility index (Phi) is 3.53. The second kappa shape index (κ2) is 5.09. The van der Waals surface area contributed by atoms with Crippen LogP contribution in [0.5, 0.6) is 0 Å². The highest BCUT2D eigenvalue weighted by Crippen LogP contribution is 2.17. The monoisotopic (exact) mass is 252 g/mol. The molecule has 0 atom stereocenters. The molecule has 0 fully saturated rings. The molecule has 0 unspecified atom stereocenters. The zero-order valence-corrected chi connectivity index (χ0v) is 9.83. The molecule has 0 saturated carbocycles. The number of thioether (sulfide) groups is 1. The minimum Gasteiger partial charge on any atom is -0.416 e. The molecule has 0 bridgehead atoms. The Labute approximate surface area is 101 Å². The van der Waals surface area contributed by atoms with E-state index >= 15 is 0 Å². The summed E-state index contributed by atoms with van der Waals surface area (Å²) in [6.45, 7) is 1.67. The second-order valence-electron chi connectivity index (χ2n) is 3.31. The van der Waals surface area contributed by atoms with E-state index in [0.717, 1.165) is 11.8 Å². The van der Waals surface area contributed by atoms with Crippen molar-refractivity contribution in [2.45, 2.75) is 12.1 Å². The summed E-state index contributed by atoms with van der Waals surface area (Å²) in [5.74, 6) is -0.00371. The van der Waals surface area contributed by atoms with E-state index in [9.17, 15) is 9.18 Å². The van der Waals surface area contributed by atoms with Crippen LogP contribution in [0.15, 0.2) is 33.9 Å². The summed E-state index contributed by atoms with van der Waals surface area (Å²) in [6.07, 6.45) is 0. The van der Waals surface area contributed by atoms with Crippen LogP contribution in [0.3, 0.4) is 0 Å². The number of aromatic nitrogens is 2. The van der Waals surface area contributed by atoms with E-state index in [1.165, 1.54) is 18.2 Å². The summed E-state index contributed by atoms with van der Waals surface area (Å²) in [5, 5.41) is 7.73. The molecule has 17 heavy (non-hydrogen) atoms. The molecule has 0 saturated heterocycles. The largest absolute Gasteiger partial charge is 0.416 e. The van der Waals surface area contributed by atoms with E-state index in [1.807, 2.05) is 0 Å². The van der Waals surface area contributed by atoms with Gasteiger partial charge in [-0.3, -0.25) is 4.79 Å². The van der Waals surface area contributed by atoms with Gasteiger partial charge < -0.3 is 4.42 Å². The minimum atomic E-state index is -0.422. The summed E-state index contributed by atoms with van der Waals surface area (Å²) in [4.78, 5) is 11.7. The molecule has 1 heterocycles. The van der Waals surface area contributed by atoms with Crippen molar-refractivity contribution >= 4 is 17.5 Å². The number of hydrogen-bond acceptors (Lipinski definition) is 5. The zero-order valence-electron chi connectivity index (χ0n) is 9.01. The van der Waals surface area contributed by atoms with Crippen molar-refractivity contribution in [2.24, 2.45) is 0 Å². The van der Waals surface area contributed by atoms with Gasteiger partial charge in [0.2, 0.25) is 5.89 Å². The molecule has 0 amide bonds. The van der Waals surface area contributed by atoms with E-state index in [2.05, 4.69) is 10.2 Å². The lowest BCUT2D eigenvalue weighted by molar-refractivity contribution is 0.102. The van der Waals surface area contributed by atoms with Gasteiger partial charge in [0.15, 0.2) is 5.78 Å². The summed E-state index contributed by atoms with van der Waals surface area (Å²) in [7, 11) is 0. The molecule has 0 aliphatic heterocycles. The lowest BCUT2D eigenvalue weighted by Gasteiger charge is -1.98. The van der Waals surface area contributed by atoms with Gasteiger partial charge in [-0.1, -0.05) is 23.9 Å². The second-order valence-corrected chi connectivity index (χ2v) is 4.24. The van der Waals surface area contributed by atoms with Gasteiger partial charge in [-0.25, -0.2) is 4.39 Å². The number of Topliss-reactive ketones (excluding diaryl/α,β-unsaturated/α-hetero) is 1. The molecule has 88 valence electrons. The van der Waals surface area contributed by atoms with E-state index in [-0.39, 0.29) is 11.5 Å². The Morgan fingerprint density at radius 2 is 2.29 bits per heavy atom. The van der Waals surface area contributed by atoms with E-state index in [4.69, 9.17) is 4.42 Å². The van der Waals surface area contributed by atoms with Gasteiger partial charge in [0.05, 0.1) is 5.75 Å². The standard InChI is InChI=1S/C11H9FN2O2S/c1-7-13-14-11(16-7)17-6-10(15)8-3-2-4-9(12)5-8/h2-5H,6H2,1H3. The van der Waals surface area contributed by atoms with Gasteiger partial charge in [-0.2, -0.15) is 0 Å². The molecule has 0 radical (unpaired) electrons. The van der Waals surface area contributed by atoms with Crippen LogP contribution in [0.2, 0.25) is 0 Å². The lowest BCUT2D eigenvalue weighted by Crippen LogP contribution is -2.02. The van der Waals surface area contributed by atoms with Gasteiger partial charge in [0.1, 0.15) is 5.82 Å². The fraction of sp³-hybridized carbons (Fsp3) is 0.182. The number of hydrogen-bond donors (Lipinski definition) is 0. The van der Waals surface area contributed by atoms with Crippen molar-refractivity contribution in [1.82, 2.24) is 10.2 Å².